The van der Waals surface area contributed by atoms with Crippen molar-refractivity contribution in [3.8, 4) is 0 Å². The van der Waals surface area contributed by atoms with Crippen LogP contribution < -0.4 is 4.90 Å². The number of esters is 1. The quantitative estimate of drug-likeness (QED) is 0.610. The second kappa shape index (κ2) is 8.61. The molecule has 0 aromatic heterocycles. The SMILES string of the molecule is CCOC(=O)c1ccc2c(Br)c(N3CCN(C(=O)OC(C)(C)C)CC3)ccc2c1. The van der Waals surface area contributed by atoms with Crippen molar-refractivity contribution in [2.24, 2.45) is 0 Å². The Kier molecular flexibility index (Phi) is 6.36. The Bertz CT molecular complexity index is 915. The number of fused-ring (bicyclic) bond motifs is 1. The van der Waals surface area contributed by atoms with E-state index in [0.29, 0.717) is 25.3 Å². The molecule has 0 unspecified atom stereocenters. The number of carbonyl (C=O) groups excluding carboxylic acids is 2. The Morgan fingerprint density at radius 1 is 1.07 bits per heavy atom. The molecule has 2 aromatic carbocycles. The number of nitrogens with zero attached hydrogens (tertiary/aromatic N) is 2. The van der Waals surface area contributed by atoms with Crippen molar-refractivity contribution in [3.05, 3.63) is 40.4 Å². The number of benzene rings is 2. The fraction of sp³-hybridized carbons (Fsp3) is 0.455. The van der Waals surface area contributed by atoms with Crippen LogP contribution in [0.1, 0.15) is 38.1 Å². The Morgan fingerprint density at radius 2 is 1.76 bits per heavy atom. The Labute approximate surface area is 179 Å². The molecule has 1 amide bonds. The maximum atomic E-state index is 12.3. The average molecular weight is 463 g/mol. The van der Waals surface area contributed by atoms with Gasteiger partial charge >= 0.3 is 12.1 Å². The van der Waals surface area contributed by atoms with Gasteiger partial charge in [0.1, 0.15) is 5.60 Å². The molecule has 2 aromatic rings. The highest BCUT2D eigenvalue weighted by molar-refractivity contribution is 9.10. The fourth-order valence-electron chi connectivity index (χ4n) is 3.32. The van der Waals surface area contributed by atoms with Gasteiger partial charge < -0.3 is 19.3 Å². The van der Waals surface area contributed by atoms with E-state index in [1.807, 2.05) is 45.0 Å². The van der Waals surface area contributed by atoms with Crippen molar-refractivity contribution in [2.75, 3.05) is 37.7 Å². The standard InChI is InChI=1S/C22H27BrN2O4/c1-5-28-20(26)16-6-8-17-15(14-16)7-9-18(19(17)23)24-10-12-25(13-11-24)21(27)29-22(2,3)4/h6-9,14H,5,10-13H2,1-4H3. The van der Waals surface area contributed by atoms with Gasteiger partial charge in [-0.2, -0.15) is 0 Å². The van der Waals surface area contributed by atoms with Crippen LogP contribution in [-0.4, -0.2) is 55.3 Å². The third-order valence-electron chi connectivity index (χ3n) is 4.72. The zero-order valence-electron chi connectivity index (χ0n) is 17.3. The predicted octanol–water partition coefficient (Wildman–Crippen LogP) is 4.84. The normalized spacial score (nSPS) is 14.8. The van der Waals surface area contributed by atoms with Crippen molar-refractivity contribution in [3.63, 3.8) is 0 Å². The van der Waals surface area contributed by atoms with E-state index in [0.717, 1.165) is 34.0 Å². The second-order valence-corrected chi connectivity index (χ2v) is 8.80. The molecular weight excluding hydrogens is 436 g/mol. The number of hydrogen-bond acceptors (Lipinski definition) is 5. The number of anilines is 1. The first-order valence-corrected chi connectivity index (χ1v) is 10.6. The highest BCUT2D eigenvalue weighted by Gasteiger charge is 2.26. The van der Waals surface area contributed by atoms with E-state index in [2.05, 4.69) is 20.8 Å². The smallest absolute Gasteiger partial charge is 0.410 e. The van der Waals surface area contributed by atoms with Gasteiger partial charge in [-0.1, -0.05) is 12.1 Å². The van der Waals surface area contributed by atoms with Crippen molar-refractivity contribution >= 4 is 44.5 Å². The van der Waals surface area contributed by atoms with Crippen LogP contribution in [0, 0.1) is 0 Å². The molecule has 6 nitrogen and oxygen atoms in total. The van der Waals surface area contributed by atoms with E-state index in [9.17, 15) is 9.59 Å². The number of carbonyl (C=O) groups is 2. The summed E-state index contributed by atoms with van der Waals surface area (Å²) in [6, 6.07) is 9.63. The van der Waals surface area contributed by atoms with Gasteiger partial charge in [-0.05, 0) is 72.6 Å². The molecule has 156 valence electrons. The van der Waals surface area contributed by atoms with E-state index in [-0.39, 0.29) is 12.1 Å². The van der Waals surface area contributed by atoms with Crippen LogP contribution in [0.5, 0.6) is 0 Å². The van der Waals surface area contributed by atoms with Gasteiger partial charge in [-0.15, -0.1) is 0 Å². The van der Waals surface area contributed by atoms with Crippen molar-refractivity contribution in [1.82, 2.24) is 4.90 Å². The first-order chi connectivity index (χ1) is 13.7. The molecule has 1 heterocycles. The van der Waals surface area contributed by atoms with Crippen LogP contribution in [0.3, 0.4) is 0 Å². The highest BCUT2D eigenvalue weighted by atomic mass is 79.9. The lowest BCUT2D eigenvalue weighted by Crippen LogP contribution is -2.50. The predicted molar refractivity (Wildman–Crippen MR) is 118 cm³/mol. The number of amides is 1. The zero-order valence-corrected chi connectivity index (χ0v) is 18.9. The minimum absolute atomic E-state index is 0.263. The molecule has 0 saturated carbocycles. The summed E-state index contributed by atoms with van der Waals surface area (Å²) in [4.78, 5) is 28.3. The average Bonchev–Trinajstić information content (AvgIpc) is 2.67. The largest absolute Gasteiger partial charge is 0.462 e. The number of rotatable bonds is 3. The Morgan fingerprint density at radius 3 is 2.38 bits per heavy atom. The van der Waals surface area contributed by atoms with Gasteiger partial charge in [0.2, 0.25) is 0 Å². The number of piperazine rings is 1. The highest BCUT2D eigenvalue weighted by Crippen LogP contribution is 2.35. The van der Waals surface area contributed by atoms with Crippen LogP contribution in [0.15, 0.2) is 34.8 Å². The van der Waals surface area contributed by atoms with E-state index < -0.39 is 5.60 Å². The summed E-state index contributed by atoms with van der Waals surface area (Å²) in [5, 5.41) is 2.00. The van der Waals surface area contributed by atoms with Crippen LogP contribution in [0.25, 0.3) is 10.8 Å². The summed E-state index contributed by atoms with van der Waals surface area (Å²) in [5.74, 6) is -0.312. The maximum Gasteiger partial charge on any atom is 0.410 e. The molecule has 1 fully saturated rings. The van der Waals surface area contributed by atoms with Gasteiger partial charge in [0.25, 0.3) is 0 Å². The summed E-state index contributed by atoms with van der Waals surface area (Å²) in [6.45, 7) is 10.5. The lowest BCUT2D eigenvalue weighted by Gasteiger charge is -2.37. The third-order valence-corrected chi connectivity index (χ3v) is 5.55. The monoisotopic (exact) mass is 462 g/mol. The molecule has 0 atom stereocenters. The Balaban J connectivity index is 1.74. The second-order valence-electron chi connectivity index (χ2n) is 8.01. The summed E-state index contributed by atoms with van der Waals surface area (Å²) < 4.78 is 11.5. The minimum atomic E-state index is -0.488. The maximum absolute atomic E-state index is 12.3. The van der Waals surface area contributed by atoms with E-state index in [1.165, 1.54) is 0 Å². The summed E-state index contributed by atoms with van der Waals surface area (Å²) in [7, 11) is 0. The number of halogens is 1. The van der Waals surface area contributed by atoms with Gasteiger partial charge in [0.15, 0.2) is 0 Å². The molecular formula is C22H27BrN2O4. The van der Waals surface area contributed by atoms with Gasteiger partial charge in [0, 0.05) is 30.7 Å². The van der Waals surface area contributed by atoms with Crippen LogP contribution in [0.4, 0.5) is 10.5 Å². The van der Waals surface area contributed by atoms with E-state index in [1.54, 1.807) is 17.9 Å². The molecule has 0 spiro atoms. The zero-order chi connectivity index (χ0) is 21.2. The minimum Gasteiger partial charge on any atom is -0.462 e. The molecule has 29 heavy (non-hydrogen) atoms. The lowest BCUT2D eigenvalue weighted by molar-refractivity contribution is 0.0240. The molecule has 3 rings (SSSR count). The lowest BCUT2D eigenvalue weighted by atomic mass is 10.1. The van der Waals surface area contributed by atoms with Gasteiger partial charge in [-0.25, -0.2) is 9.59 Å². The van der Waals surface area contributed by atoms with Crippen molar-refractivity contribution in [1.29, 1.82) is 0 Å². The third kappa shape index (κ3) is 5.01. The first-order valence-electron chi connectivity index (χ1n) is 9.82. The van der Waals surface area contributed by atoms with Crippen LogP contribution in [0.2, 0.25) is 0 Å². The number of ether oxygens (including phenoxy) is 2. The molecule has 1 saturated heterocycles. The van der Waals surface area contributed by atoms with Crippen LogP contribution in [-0.2, 0) is 9.47 Å². The Hall–Kier alpha value is -2.28. The molecule has 1 aliphatic heterocycles. The summed E-state index contributed by atoms with van der Waals surface area (Å²) in [5.41, 5.74) is 1.13. The van der Waals surface area contributed by atoms with Gasteiger partial charge in [-0.3, -0.25) is 0 Å². The molecule has 0 radical (unpaired) electrons. The summed E-state index contributed by atoms with van der Waals surface area (Å²) >= 11 is 3.73. The molecule has 0 N–H and O–H groups in total. The first kappa shape index (κ1) is 21.4. The van der Waals surface area contributed by atoms with Crippen molar-refractivity contribution < 1.29 is 19.1 Å². The van der Waals surface area contributed by atoms with Crippen molar-refractivity contribution in [2.45, 2.75) is 33.3 Å². The van der Waals surface area contributed by atoms with Gasteiger partial charge in [0.05, 0.1) is 17.9 Å². The summed E-state index contributed by atoms with van der Waals surface area (Å²) in [6.07, 6.45) is -0.263. The van der Waals surface area contributed by atoms with Crippen LogP contribution >= 0.6 is 15.9 Å². The number of hydrogen-bond donors (Lipinski definition) is 0. The topological polar surface area (TPSA) is 59.1 Å². The van der Waals surface area contributed by atoms with E-state index >= 15 is 0 Å². The molecule has 7 heteroatoms. The van der Waals surface area contributed by atoms with E-state index in [4.69, 9.17) is 9.47 Å². The molecule has 1 aliphatic rings. The fourth-order valence-corrected chi connectivity index (χ4v) is 4.07. The molecule has 0 aliphatic carbocycles. The molecule has 0 bridgehead atoms.